The van der Waals surface area contributed by atoms with Crippen LogP contribution in [0.3, 0.4) is 0 Å². The van der Waals surface area contributed by atoms with Gasteiger partial charge in [0.2, 0.25) is 5.91 Å². The van der Waals surface area contributed by atoms with Gasteiger partial charge in [0, 0.05) is 51.9 Å². The molecule has 10 nitrogen and oxygen atoms in total. The largest absolute Gasteiger partial charge is 0.350 e. The second-order valence-corrected chi connectivity index (χ2v) is 8.72. The minimum Gasteiger partial charge on any atom is -0.350 e. The number of hydrogen-bond donors (Lipinski definition) is 5. The van der Waals surface area contributed by atoms with Gasteiger partial charge in [-0.2, -0.15) is 5.06 Å². The number of nitrogens with two attached hydrogens (primary N) is 1. The van der Waals surface area contributed by atoms with Crippen molar-refractivity contribution in [2.24, 2.45) is 11.7 Å². The summed E-state index contributed by atoms with van der Waals surface area (Å²) in [4.78, 5) is 21.0. The van der Waals surface area contributed by atoms with E-state index in [1.165, 1.54) is 0 Å². The van der Waals surface area contributed by atoms with Crippen LogP contribution in [-0.2, 0) is 9.63 Å². The molecule has 0 aliphatic carbocycles. The molecular weight excluding hydrogens is 384 g/mol. The van der Waals surface area contributed by atoms with E-state index in [1.54, 1.807) is 7.11 Å². The van der Waals surface area contributed by atoms with Gasteiger partial charge >= 0.3 is 0 Å². The summed E-state index contributed by atoms with van der Waals surface area (Å²) in [6.45, 7) is 6.78. The number of alkyl halides is 1. The summed E-state index contributed by atoms with van der Waals surface area (Å²) in [5.74, 6) is -0.348. The van der Waals surface area contributed by atoms with Crippen LogP contribution >= 0.6 is 11.6 Å². The molecule has 0 aromatic heterocycles. The number of nitrogens with zero attached hydrogens (tertiary/aromatic N) is 3. The molecular formula is C17H33ClN8O2. The molecule has 4 aliphatic heterocycles. The summed E-state index contributed by atoms with van der Waals surface area (Å²) in [5, 5.41) is 14.1. The number of hydroxylamine groups is 2. The van der Waals surface area contributed by atoms with Crippen LogP contribution in [0.4, 0.5) is 0 Å². The number of nitrogens with one attached hydrogen (secondary N) is 4. The molecule has 28 heavy (non-hydrogen) atoms. The average molecular weight is 417 g/mol. The SMILES string of the molecule is CON1CCN(C2CCNCC2NC(=O)C2C(N)NN3CC(Cl)CNC23)CC1. The maximum atomic E-state index is 13.2. The van der Waals surface area contributed by atoms with Gasteiger partial charge in [-0.1, -0.05) is 0 Å². The maximum Gasteiger partial charge on any atom is 0.229 e. The molecule has 0 radical (unpaired) electrons. The number of amides is 1. The molecule has 11 heteroatoms. The Morgan fingerprint density at radius 3 is 2.79 bits per heavy atom. The Bertz CT molecular complexity index is 549. The third-order valence-electron chi connectivity index (χ3n) is 6.40. The molecule has 4 aliphatic rings. The molecule has 6 atom stereocenters. The Kier molecular flexibility index (Phi) is 6.70. The first-order valence-electron chi connectivity index (χ1n) is 10.3. The molecule has 0 bridgehead atoms. The number of hydrazine groups is 1. The smallest absolute Gasteiger partial charge is 0.229 e. The Labute approximate surface area is 171 Å². The number of carbonyl (C=O) groups excluding carboxylic acids is 1. The van der Waals surface area contributed by atoms with Crippen molar-refractivity contribution < 1.29 is 9.63 Å². The number of carbonyl (C=O) groups is 1. The highest BCUT2D eigenvalue weighted by Crippen LogP contribution is 2.23. The third kappa shape index (κ3) is 4.30. The van der Waals surface area contributed by atoms with Crippen molar-refractivity contribution in [3.63, 3.8) is 0 Å². The van der Waals surface area contributed by atoms with Crippen LogP contribution in [-0.4, -0.2) is 110 Å². The number of halogens is 1. The van der Waals surface area contributed by atoms with Crippen molar-refractivity contribution in [2.75, 3.05) is 59.5 Å². The minimum atomic E-state index is -0.417. The summed E-state index contributed by atoms with van der Waals surface area (Å²) in [5.41, 5.74) is 9.45. The fourth-order valence-corrected chi connectivity index (χ4v) is 5.14. The van der Waals surface area contributed by atoms with Crippen LogP contribution in [0.5, 0.6) is 0 Å². The summed E-state index contributed by atoms with van der Waals surface area (Å²) in [6, 6.07) is 0.401. The van der Waals surface area contributed by atoms with E-state index in [2.05, 4.69) is 26.3 Å². The summed E-state index contributed by atoms with van der Waals surface area (Å²) in [6.07, 6.45) is 0.485. The highest BCUT2D eigenvalue weighted by atomic mass is 35.5. The monoisotopic (exact) mass is 416 g/mol. The first-order valence-corrected chi connectivity index (χ1v) is 10.7. The van der Waals surface area contributed by atoms with Crippen LogP contribution in [0.2, 0.25) is 0 Å². The zero-order valence-electron chi connectivity index (χ0n) is 16.4. The summed E-state index contributed by atoms with van der Waals surface area (Å²) in [7, 11) is 1.72. The fourth-order valence-electron chi connectivity index (χ4n) is 4.90. The molecule has 4 fully saturated rings. The van der Waals surface area contributed by atoms with Crippen molar-refractivity contribution in [2.45, 2.75) is 36.2 Å². The number of piperidine rings is 1. The van der Waals surface area contributed by atoms with Gasteiger partial charge in [0.15, 0.2) is 0 Å². The summed E-state index contributed by atoms with van der Waals surface area (Å²) >= 11 is 6.23. The minimum absolute atomic E-state index is 0.00208. The number of fused-ring (bicyclic) bond motifs is 1. The van der Waals surface area contributed by atoms with Gasteiger partial charge in [-0.15, -0.1) is 11.6 Å². The molecule has 0 aromatic carbocycles. The topological polar surface area (TPSA) is 110 Å². The lowest BCUT2D eigenvalue weighted by molar-refractivity contribution is -0.157. The molecule has 6 N–H and O–H groups in total. The third-order valence-corrected chi connectivity index (χ3v) is 6.69. The fraction of sp³-hybridized carbons (Fsp3) is 0.941. The van der Waals surface area contributed by atoms with E-state index < -0.39 is 6.17 Å². The number of piperazine rings is 1. The van der Waals surface area contributed by atoms with Crippen LogP contribution in [0.15, 0.2) is 0 Å². The molecule has 160 valence electrons. The normalized spacial score (nSPS) is 41.0. The van der Waals surface area contributed by atoms with E-state index in [1.807, 2.05) is 10.1 Å². The van der Waals surface area contributed by atoms with Gasteiger partial charge in [-0.05, 0) is 13.0 Å². The predicted molar refractivity (Wildman–Crippen MR) is 106 cm³/mol. The Morgan fingerprint density at radius 2 is 2.04 bits per heavy atom. The van der Waals surface area contributed by atoms with Crippen LogP contribution in [0.25, 0.3) is 0 Å². The van der Waals surface area contributed by atoms with E-state index in [0.717, 1.165) is 45.7 Å². The van der Waals surface area contributed by atoms with E-state index in [9.17, 15) is 4.79 Å². The lowest BCUT2D eigenvalue weighted by Gasteiger charge is -2.44. The quantitative estimate of drug-likeness (QED) is 0.312. The molecule has 4 saturated heterocycles. The zero-order valence-corrected chi connectivity index (χ0v) is 17.2. The highest BCUT2D eigenvalue weighted by Gasteiger charge is 2.47. The molecule has 1 amide bonds. The Hall–Kier alpha value is -0.560. The first kappa shape index (κ1) is 20.7. The van der Waals surface area contributed by atoms with Crippen molar-refractivity contribution >= 4 is 17.5 Å². The Morgan fingerprint density at radius 1 is 1.25 bits per heavy atom. The number of rotatable bonds is 4. The maximum absolute atomic E-state index is 13.2. The van der Waals surface area contributed by atoms with Gasteiger partial charge in [0.25, 0.3) is 0 Å². The molecule has 4 heterocycles. The first-order chi connectivity index (χ1) is 13.6. The van der Waals surface area contributed by atoms with Crippen molar-refractivity contribution in [3.05, 3.63) is 0 Å². The van der Waals surface area contributed by atoms with Gasteiger partial charge in [0.05, 0.1) is 36.8 Å². The van der Waals surface area contributed by atoms with Crippen LogP contribution in [0.1, 0.15) is 6.42 Å². The molecule has 6 unspecified atom stereocenters. The standard InChI is InChI=1S/C17H33ClN8O2/c1-28-25-6-4-24(5-7-25)13-2-3-20-9-12(13)22-17(27)14-15(19)23-26-10-11(18)8-21-16(14)26/h11-16,20-21,23H,2-10,19H2,1H3,(H,22,27). The number of hydrogen-bond acceptors (Lipinski definition) is 9. The Balaban J connectivity index is 1.38. The van der Waals surface area contributed by atoms with Crippen LogP contribution in [0, 0.1) is 5.92 Å². The van der Waals surface area contributed by atoms with E-state index in [4.69, 9.17) is 22.2 Å². The highest BCUT2D eigenvalue weighted by molar-refractivity contribution is 6.21. The predicted octanol–water partition coefficient (Wildman–Crippen LogP) is -2.73. The molecule has 0 saturated carbocycles. The van der Waals surface area contributed by atoms with Crippen molar-refractivity contribution in [1.82, 2.24) is 36.3 Å². The second-order valence-electron chi connectivity index (χ2n) is 8.11. The summed E-state index contributed by atoms with van der Waals surface area (Å²) < 4.78 is 0. The van der Waals surface area contributed by atoms with Gasteiger partial charge in [-0.3, -0.25) is 15.0 Å². The molecule has 0 spiro atoms. The van der Waals surface area contributed by atoms with Crippen LogP contribution < -0.4 is 27.1 Å². The lowest BCUT2D eigenvalue weighted by atomic mass is 9.96. The van der Waals surface area contributed by atoms with Crippen molar-refractivity contribution in [3.8, 4) is 0 Å². The zero-order chi connectivity index (χ0) is 19.7. The van der Waals surface area contributed by atoms with E-state index in [-0.39, 0.29) is 29.4 Å². The van der Waals surface area contributed by atoms with Gasteiger partial charge in [-0.25, -0.2) is 10.4 Å². The second kappa shape index (κ2) is 9.07. The van der Waals surface area contributed by atoms with Gasteiger partial charge < -0.3 is 21.2 Å². The van der Waals surface area contributed by atoms with E-state index in [0.29, 0.717) is 19.1 Å². The van der Waals surface area contributed by atoms with Gasteiger partial charge in [0.1, 0.15) is 0 Å². The van der Waals surface area contributed by atoms with E-state index >= 15 is 0 Å². The molecule has 0 aromatic rings. The lowest BCUT2D eigenvalue weighted by Crippen LogP contribution is -2.64. The molecule has 4 rings (SSSR count). The average Bonchev–Trinajstić information content (AvgIpc) is 3.03. The van der Waals surface area contributed by atoms with Crippen molar-refractivity contribution in [1.29, 1.82) is 0 Å².